The van der Waals surface area contributed by atoms with E-state index in [4.69, 9.17) is 14.2 Å². The smallest absolute Gasteiger partial charge is 0.205 e. The highest BCUT2D eigenvalue weighted by Crippen LogP contribution is 2.42. The lowest BCUT2D eigenvalue weighted by atomic mass is 10.2. The number of carbonyl (C=O) groups is 1. The van der Waals surface area contributed by atoms with E-state index in [0.717, 1.165) is 9.86 Å². The Morgan fingerprint density at radius 1 is 1.25 bits per heavy atom. The van der Waals surface area contributed by atoms with Gasteiger partial charge in [0.2, 0.25) is 5.75 Å². The van der Waals surface area contributed by atoms with Gasteiger partial charge >= 0.3 is 0 Å². The Bertz CT molecular complexity index is 390. The fourth-order valence-corrected chi connectivity index (χ4v) is 2.17. The Kier molecular flexibility index (Phi) is 4.85. The van der Waals surface area contributed by atoms with Crippen LogP contribution in [0.2, 0.25) is 0 Å². The first kappa shape index (κ1) is 13.1. The molecule has 0 aliphatic rings. The van der Waals surface area contributed by atoms with E-state index in [1.165, 1.54) is 7.11 Å². The lowest BCUT2D eigenvalue weighted by molar-refractivity contribution is 0.111. The number of ether oxygens (including phenoxy) is 3. The van der Waals surface area contributed by atoms with E-state index in [1.54, 1.807) is 13.2 Å². The topological polar surface area (TPSA) is 44.8 Å². The normalized spacial score (nSPS) is 9.75. The monoisotopic (exact) mass is 336 g/mol. The van der Waals surface area contributed by atoms with Gasteiger partial charge in [0.1, 0.15) is 0 Å². The number of benzene rings is 1. The fraction of sp³-hybridized carbons (Fsp3) is 0.364. The van der Waals surface area contributed by atoms with Crippen LogP contribution in [-0.4, -0.2) is 27.1 Å². The van der Waals surface area contributed by atoms with Crippen molar-refractivity contribution >= 4 is 28.9 Å². The molecule has 1 rings (SSSR count). The molecule has 0 aromatic heterocycles. The van der Waals surface area contributed by atoms with Crippen LogP contribution in [0.15, 0.2) is 6.07 Å². The number of halogens is 1. The Morgan fingerprint density at radius 3 is 2.31 bits per heavy atom. The summed E-state index contributed by atoms with van der Waals surface area (Å²) in [7, 11) is 3.05. The third kappa shape index (κ3) is 2.40. The minimum atomic E-state index is 0.411. The molecule has 1 aromatic rings. The van der Waals surface area contributed by atoms with Crippen LogP contribution in [0.3, 0.4) is 0 Å². The zero-order chi connectivity index (χ0) is 12.1. The highest BCUT2D eigenvalue weighted by atomic mass is 127. The predicted octanol–water partition coefficient (Wildman–Crippen LogP) is 2.52. The van der Waals surface area contributed by atoms with Gasteiger partial charge in [-0.2, -0.15) is 0 Å². The van der Waals surface area contributed by atoms with Gasteiger partial charge in [0.15, 0.2) is 17.8 Å². The van der Waals surface area contributed by atoms with Crippen molar-refractivity contribution in [1.29, 1.82) is 0 Å². The Labute approximate surface area is 108 Å². The van der Waals surface area contributed by atoms with Gasteiger partial charge in [-0.1, -0.05) is 0 Å². The molecule has 1 aromatic carbocycles. The molecule has 0 aliphatic heterocycles. The highest BCUT2D eigenvalue weighted by Gasteiger charge is 2.19. The van der Waals surface area contributed by atoms with Crippen LogP contribution in [0.5, 0.6) is 17.2 Å². The van der Waals surface area contributed by atoms with Gasteiger partial charge in [-0.3, -0.25) is 4.79 Å². The van der Waals surface area contributed by atoms with Crippen LogP contribution in [0.4, 0.5) is 0 Å². The molecule has 0 saturated carbocycles. The molecule has 0 fully saturated rings. The lowest BCUT2D eigenvalue weighted by Gasteiger charge is -2.16. The van der Waals surface area contributed by atoms with E-state index in [0.29, 0.717) is 29.4 Å². The second kappa shape index (κ2) is 5.93. The lowest BCUT2D eigenvalue weighted by Crippen LogP contribution is -2.02. The summed E-state index contributed by atoms with van der Waals surface area (Å²) in [4.78, 5) is 10.9. The van der Waals surface area contributed by atoms with Gasteiger partial charge in [-0.15, -0.1) is 0 Å². The van der Waals surface area contributed by atoms with Crippen molar-refractivity contribution in [3.63, 3.8) is 0 Å². The summed E-state index contributed by atoms with van der Waals surface area (Å²) >= 11 is 2.09. The third-order valence-electron chi connectivity index (χ3n) is 2.00. The van der Waals surface area contributed by atoms with Crippen molar-refractivity contribution in [2.24, 2.45) is 0 Å². The zero-order valence-corrected chi connectivity index (χ0v) is 11.5. The van der Waals surface area contributed by atoms with Crippen LogP contribution in [0.25, 0.3) is 0 Å². The molecular formula is C11H13IO4. The van der Waals surface area contributed by atoms with E-state index < -0.39 is 0 Å². The summed E-state index contributed by atoms with van der Waals surface area (Å²) in [6.07, 6.45) is 0.739. The first-order valence-electron chi connectivity index (χ1n) is 4.72. The van der Waals surface area contributed by atoms with Crippen molar-refractivity contribution in [3.8, 4) is 17.2 Å². The van der Waals surface area contributed by atoms with Crippen molar-refractivity contribution in [3.05, 3.63) is 15.2 Å². The Morgan fingerprint density at radius 2 is 1.88 bits per heavy atom. The zero-order valence-electron chi connectivity index (χ0n) is 9.37. The first-order chi connectivity index (χ1) is 7.69. The number of aldehydes is 1. The van der Waals surface area contributed by atoms with Crippen molar-refractivity contribution in [2.75, 3.05) is 20.8 Å². The van der Waals surface area contributed by atoms with Crippen LogP contribution in [0.1, 0.15) is 17.3 Å². The molecule has 0 amide bonds. The molecule has 0 radical (unpaired) electrons. The molecule has 88 valence electrons. The van der Waals surface area contributed by atoms with Gasteiger partial charge in [-0.05, 0) is 35.6 Å². The SMILES string of the molecule is CCOc1c(OC)c(I)cc(C=O)c1OC. The average molecular weight is 336 g/mol. The quantitative estimate of drug-likeness (QED) is 0.612. The Hall–Kier alpha value is -0.980. The maximum absolute atomic E-state index is 10.9. The van der Waals surface area contributed by atoms with E-state index in [2.05, 4.69) is 22.6 Å². The summed E-state index contributed by atoms with van der Waals surface area (Å²) in [6, 6.07) is 1.70. The number of rotatable bonds is 5. The molecule has 0 bridgehead atoms. The van der Waals surface area contributed by atoms with Crippen LogP contribution < -0.4 is 14.2 Å². The second-order valence-electron chi connectivity index (χ2n) is 2.89. The van der Waals surface area contributed by atoms with Gasteiger partial charge in [-0.25, -0.2) is 0 Å². The predicted molar refractivity (Wildman–Crippen MR) is 68.8 cm³/mol. The van der Waals surface area contributed by atoms with E-state index in [1.807, 2.05) is 6.92 Å². The molecule has 0 atom stereocenters. The Balaban J connectivity index is 3.46. The molecule has 4 nitrogen and oxygen atoms in total. The van der Waals surface area contributed by atoms with Gasteiger partial charge in [0.25, 0.3) is 0 Å². The summed E-state index contributed by atoms with van der Waals surface area (Å²) in [5.41, 5.74) is 0.455. The summed E-state index contributed by atoms with van der Waals surface area (Å²) in [6.45, 7) is 2.34. The molecule has 0 heterocycles. The first-order valence-corrected chi connectivity index (χ1v) is 5.79. The van der Waals surface area contributed by atoms with Crippen molar-refractivity contribution in [2.45, 2.75) is 6.92 Å². The van der Waals surface area contributed by atoms with E-state index in [-0.39, 0.29) is 0 Å². The summed E-state index contributed by atoms with van der Waals surface area (Å²) < 4.78 is 16.7. The standard InChI is InChI=1S/C11H13IO4/c1-4-16-11-9(14-2)7(6-13)5-8(12)10(11)15-3/h5-6H,4H2,1-3H3. The minimum Gasteiger partial charge on any atom is -0.492 e. The third-order valence-corrected chi connectivity index (χ3v) is 2.80. The maximum atomic E-state index is 10.9. The van der Waals surface area contributed by atoms with Crippen LogP contribution in [0, 0.1) is 3.57 Å². The minimum absolute atomic E-state index is 0.411. The highest BCUT2D eigenvalue weighted by molar-refractivity contribution is 14.1. The molecule has 0 aliphatic carbocycles. The summed E-state index contributed by atoms with van der Waals surface area (Å²) in [5.74, 6) is 1.47. The number of carbonyl (C=O) groups excluding carboxylic acids is 1. The molecule has 0 N–H and O–H groups in total. The van der Waals surface area contributed by atoms with Gasteiger partial charge in [0.05, 0.1) is 30.0 Å². The van der Waals surface area contributed by atoms with Gasteiger partial charge < -0.3 is 14.2 Å². The number of hydrogen-bond acceptors (Lipinski definition) is 4. The van der Waals surface area contributed by atoms with Gasteiger partial charge in [0, 0.05) is 0 Å². The molecule has 0 saturated heterocycles. The second-order valence-corrected chi connectivity index (χ2v) is 4.06. The van der Waals surface area contributed by atoms with E-state index in [9.17, 15) is 4.79 Å². The van der Waals surface area contributed by atoms with Crippen molar-refractivity contribution < 1.29 is 19.0 Å². The number of hydrogen-bond donors (Lipinski definition) is 0. The van der Waals surface area contributed by atoms with E-state index >= 15 is 0 Å². The van der Waals surface area contributed by atoms with Crippen molar-refractivity contribution in [1.82, 2.24) is 0 Å². The average Bonchev–Trinajstić information content (AvgIpc) is 2.29. The summed E-state index contributed by atoms with van der Waals surface area (Å²) in [5, 5.41) is 0. The number of methoxy groups -OCH3 is 2. The van der Waals surface area contributed by atoms with Crippen LogP contribution >= 0.6 is 22.6 Å². The molecular weight excluding hydrogens is 323 g/mol. The molecule has 5 heteroatoms. The largest absolute Gasteiger partial charge is 0.492 e. The van der Waals surface area contributed by atoms with Crippen LogP contribution in [-0.2, 0) is 0 Å². The molecule has 0 spiro atoms. The maximum Gasteiger partial charge on any atom is 0.205 e. The fourth-order valence-electron chi connectivity index (χ4n) is 1.37. The molecule has 16 heavy (non-hydrogen) atoms. The molecule has 0 unspecified atom stereocenters.